The maximum absolute atomic E-state index is 4.94. The van der Waals surface area contributed by atoms with Crippen molar-refractivity contribution in [3.05, 3.63) is 0 Å². The predicted molar refractivity (Wildman–Crippen MR) is 17.6 cm³/mol. The molecule has 0 bridgehead atoms. The van der Waals surface area contributed by atoms with Crippen molar-refractivity contribution in [1.82, 2.24) is 0 Å². The topological polar surface area (TPSA) is 0 Å². The van der Waals surface area contributed by atoms with Gasteiger partial charge in [-0.2, -0.15) is 0 Å². The molecule has 5 heteroatoms. The molecule has 0 amide bonds. The Labute approximate surface area is 62.5 Å². The Morgan fingerprint density at radius 2 is 1.00 bits per heavy atom. The van der Waals surface area contributed by atoms with Gasteiger partial charge in [-0.25, -0.2) is 0 Å². The predicted octanol–water partition coefficient (Wildman–Crippen LogP) is 2.06. The molecule has 0 unspecified atom stereocenters. The molecule has 0 aromatic carbocycles. The number of rotatable bonds is 0. The van der Waals surface area contributed by atoms with E-state index < -0.39 is 13.0 Å². The second-order valence-electron chi connectivity index (χ2n) is 0.143. The third-order valence-corrected chi connectivity index (χ3v) is 0. The van der Waals surface area contributed by atoms with Crippen LogP contribution in [0.1, 0.15) is 0 Å². The number of hydrogen-bond donors (Lipinski definition) is 0. The summed E-state index contributed by atoms with van der Waals surface area (Å²) in [7, 11) is 14.8. The molecule has 0 spiro atoms. The first kappa shape index (κ1) is 10.2. The molecule has 0 aliphatic carbocycles. The molecule has 0 rings (SSSR count). The Morgan fingerprint density at radius 3 is 1.00 bits per heavy atom. The molecule has 0 saturated carbocycles. The van der Waals surface area contributed by atoms with Crippen LogP contribution < -0.4 is 0 Å². The van der Waals surface area contributed by atoms with Gasteiger partial charge >= 0.3 is 42.1 Å². The zero-order valence-electron chi connectivity index (χ0n) is 1.78. The van der Waals surface area contributed by atoms with Crippen LogP contribution in [0.25, 0.3) is 0 Å². The normalized spacial score (nSPS) is 9.00. The first-order valence-corrected chi connectivity index (χ1v) is 6.71. The van der Waals surface area contributed by atoms with Crippen LogP contribution in [-0.2, 0) is 34.0 Å². The summed E-state index contributed by atoms with van der Waals surface area (Å²) in [5, 5.41) is 0. The van der Waals surface area contributed by atoms with Crippen LogP contribution in [0, 0.1) is 0 Å². The van der Waals surface area contributed by atoms with Gasteiger partial charge in [0.05, 0.1) is 0 Å². The third-order valence-electron chi connectivity index (χ3n) is 0. The SMILES string of the molecule is [Cl][Rh]([Cl])[Cl].[Pt]. The minimum absolute atomic E-state index is 0. The molecule has 0 N–H and O–H groups in total. The van der Waals surface area contributed by atoms with E-state index in [1.165, 1.54) is 0 Å². The minimum Gasteiger partial charge on any atom is 0 e. The summed E-state index contributed by atoms with van der Waals surface area (Å²) in [5.74, 6) is 0. The molecule has 0 aliphatic heterocycles. The molecule has 0 aromatic heterocycles. The molecule has 5 heavy (non-hydrogen) atoms. The van der Waals surface area contributed by atoms with E-state index in [1.807, 2.05) is 0 Å². The van der Waals surface area contributed by atoms with Crippen LogP contribution in [0.4, 0.5) is 0 Å². The summed E-state index contributed by atoms with van der Waals surface area (Å²) in [6, 6.07) is 0. The van der Waals surface area contributed by atoms with Gasteiger partial charge in [-0.1, -0.05) is 0 Å². The smallest absolute Gasteiger partial charge is 0 e. The molecule has 40 valence electrons. The fourth-order valence-corrected chi connectivity index (χ4v) is 0. The summed E-state index contributed by atoms with van der Waals surface area (Å²) in [5.41, 5.74) is 0. The average molecular weight is 404 g/mol. The third kappa shape index (κ3) is 22.7. The van der Waals surface area contributed by atoms with Crippen molar-refractivity contribution < 1.29 is 34.0 Å². The molecular weight excluding hydrogens is 404 g/mol. The van der Waals surface area contributed by atoms with Gasteiger partial charge in [0.2, 0.25) is 0 Å². The summed E-state index contributed by atoms with van der Waals surface area (Å²) in [6.07, 6.45) is 0. The monoisotopic (exact) mass is 403 g/mol. The molecule has 0 nitrogen and oxygen atoms in total. The van der Waals surface area contributed by atoms with E-state index in [0.717, 1.165) is 0 Å². The fraction of sp³-hybridized carbons (Fsp3) is 0. The molecule has 0 atom stereocenters. The van der Waals surface area contributed by atoms with Gasteiger partial charge in [-0.3, -0.25) is 0 Å². The second-order valence-corrected chi connectivity index (χ2v) is 7.61. The van der Waals surface area contributed by atoms with Crippen molar-refractivity contribution in [2.75, 3.05) is 0 Å². The van der Waals surface area contributed by atoms with Crippen molar-refractivity contribution in [1.29, 1.82) is 0 Å². The van der Waals surface area contributed by atoms with E-state index in [2.05, 4.69) is 0 Å². The summed E-state index contributed by atoms with van der Waals surface area (Å²) >= 11 is -1.66. The second kappa shape index (κ2) is 6.18. The molecule has 0 saturated heterocycles. The van der Waals surface area contributed by atoms with E-state index in [-0.39, 0.29) is 21.1 Å². The average Bonchev–Trinajstić information content (AvgIpc) is 0.811. The van der Waals surface area contributed by atoms with Gasteiger partial charge in [0, 0.05) is 21.1 Å². The van der Waals surface area contributed by atoms with Crippen molar-refractivity contribution in [2.24, 2.45) is 0 Å². The van der Waals surface area contributed by atoms with Crippen molar-refractivity contribution in [2.45, 2.75) is 0 Å². The van der Waals surface area contributed by atoms with Gasteiger partial charge in [0.1, 0.15) is 0 Å². The van der Waals surface area contributed by atoms with E-state index >= 15 is 0 Å². The Bertz CT molecular complexity index is 11.6. The maximum Gasteiger partial charge on any atom is 0 e. The molecular formula is Cl3PtRh. The largest absolute Gasteiger partial charge is 0 e. The van der Waals surface area contributed by atoms with Crippen LogP contribution in [0.15, 0.2) is 0 Å². The van der Waals surface area contributed by atoms with Crippen LogP contribution in [-0.4, -0.2) is 0 Å². The molecule has 0 aromatic rings. The van der Waals surface area contributed by atoms with Crippen LogP contribution in [0.5, 0.6) is 0 Å². The quantitative estimate of drug-likeness (QED) is 0.543. The molecule has 0 aliphatic rings. The van der Waals surface area contributed by atoms with Gasteiger partial charge in [0.15, 0.2) is 0 Å². The summed E-state index contributed by atoms with van der Waals surface area (Å²) in [6.45, 7) is 0. The number of hydrogen-bond acceptors (Lipinski definition) is 0. The Hall–Kier alpha value is 2.18. The van der Waals surface area contributed by atoms with E-state index in [0.29, 0.717) is 0 Å². The van der Waals surface area contributed by atoms with Crippen molar-refractivity contribution in [3.8, 4) is 0 Å². The van der Waals surface area contributed by atoms with E-state index in [4.69, 9.17) is 29.1 Å². The minimum atomic E-state index is -1.66. The molecule has 0 radical (unpaired) electrons. The fourth-order valence-electron chi connectivity index (χ4n) is 0. The first-order chi connectivity index (χ1) is 1.73. The van der Waals surface area contributed by atoms with Crippen molar-refractivity contribution in [3.63, 3.8) is 0 Å². The van der Waals surface area contributed by atoms with Crippen LogP contribution in [0.3, 0.4) is 0 Å². The summed E-state index contributed by atoms with van der Waals surface area (Å²) in [4.78, 5) is 0. The van der Waals surface area contributed by atoms with E-state index in [1.54, 1.807) is 0 Å². The van der Waals surface area contributed by atoms with Crippen LogP contribution in [0.2, 0.25) is 0 Å². The molecule has 0 fully saturated rings. The Balaban J connectivity index is 0. The zero-order chi connectivity index (χ0) is 3.58. The Kier molecular flexibility index (Phi) is 12.6. The van der Waals surface area contributed by atoms with Gasteiger partial charge in [-0.15, -0.1) is 0 Å². The first-order valence-electron chi connectivity index (χ1n) is 0.378. The van der Waals surface area contributed by atoms with E-state index in [9.17, 15) is 0 Å². The summed E-state index contributed by atoms with van der Waals surface area (Å²) < 4.78 is 0. The molecule has 0 heterocycles. The van der Waals surface area contributed by atoms with Crippen molar-refractivity contribution >= 4 is 29.1 Å². The maximum atomic E-state index is 4.94. The van der Waals surface area contributed by atoms with Gasteiger partial charge in [0.25, 0.3) is 0 Å². The van der Waals surface area contributed by atoms with Crippen LogP contribution >= 0.6 is 29.1 Å². The van der Waals surface area contributed by atoms with Gasteiger partial charge in [-0.05, 0) is 0 Å². The standard InChI is InChI=1S/3ClH.Pt.Rh/h3*1H;;/q;;;;+3/p-3. The van der Waals surface area contributed by atoms with Gasteiger partial charge < -0.3 is 0 Å². The zero-order valence-corrected chi connectivity index (χ0v) is 7.96. The number of halogens is 3. The Morgan fingerprint density at radius 1 is 1.00 bits per heavy atom.